The number of nitrogens with zero attached hydrogens (tertiary/aromatic N) is 1. The van der Waals surface area contributed by atoms with Crippen molar-refractivity contribution in [3.8, 4) is 0 Å². The number of ether oxygens (including phenoxy) is 1. The van der Waals surface area contributed by atoms with Gasteiger partial charge in [-0.25, -0.2) is 0 Å². The van der Waals surface area contributed by atoms with Crippen LogP contribution in [0.15, 0.2) is 15.2 Å². The summed E-state index contributed by atoms with van der Waals surface area (Å²) in [6.45, 7) is 4.16. The Kier molecular flexibility index (Phi) is 5.05. The van der Waals surface area contributed by atoms with Crippen molar-refractivity contribution >= 4 is 21.8 Å². The van der Waals surface area contributed by atoms with E-state index in [2.05, 4.69) is 15.9 Å². The quantitative estimate of drug-likeness (QED) is 0.854. The number of hydrogen-bond donors (Lipinski definition) is 0. The first-order valence-corrected chi connectivity index (χ1v) is 7.45. The number of aryl methyl sites for hydroxylation is 1. The molecular formula is C14H20BrNO3. The first-order chi connectivity index (χ1) is 9.11. The highest BCUT2D eigenvalue weighted by atomic mass is 79.9. The van der Waals surface area contributed by atoms with Crippen molar-refractivity contribution in [2.75, 3.05) is 26.8 Å². The average Bonchev–Trinajstić information content (AvgIpc) is 2.59. The first-order valence-electron chi connectivity index (χ1n) is 6.66. The van der Waals surface area contributed by atoms with Crippen LogP contribution in [0.2, 0.25) is 0 Å². The standard InChI is InChI=1S/C14H20BrNO3/c1-10-7-12(15)19-13(10)14(17)16-6-4-3-5-11(8-16)9-18-2/h7,11H,3-6,8-9H2,1-2H3. The number of rotatable bonds is 3. The number of halogens is 1. The average molecular weight is 330 g/mol. The van der Waals surface area contributed by atoms with E-state index in [1.54, 1.807) is 7.11 Å². The summed E-state index contributed by atoms with van der Waals surface area (Å²) in [6, 6.07) is 1.83. The molecule has 0 spiro atoms. The molecule has 4 nitrogen and oxygen atoms in total. The molecule has 5 heteroatoms. The monoisotopic (exact) mass is 329 g/mol. The Bertz CT molecular complexity index is 444. The van der Waals surface area contributed by atoms with Crippen LogP contribution in [0.25, 0.3) is 0 Å². The Morgan fingerprint density at radius 2 is 2.37 bits per heavy atom. The Balaban J connectivity index is 2.10. The molecule has 0 radical (unpaired) electrons. The molecular weight excluding hydrogens is 310 g/mol. The first kappa shape index (κ1) is 14.6. The predicted octanol–water partition coefficient (Wildman–Crippen LogP) is 3.24. The maximum atomic E-state index is 12.5. The molecule has 19 heavy (non-hydrogen) atoms. The fourth-order valence-electron chi connectivity index (χ4n) is 2.59. The summed E-state index contributed by atoms with van der Waals surface area (Å²) < 4.78 is 11.3. The molecule has 1 fully saturated rings. The van der Waals surface area contributed by atoms with Crippen molar-refractivity contribution in [2.45, 2.75) is 26.2 Å². The van der Waals surface area contributed by atoms with Crippen molar-refractivity contribution < 1.29 is 13.9 Å². The van der Waals surface area contributed by atoms with Crippen molar-refractivity contribution in [1.29, 1.82) is 0 Å². The molecule has 0 aromatic carbocycles. The topological polar surface area (TPSA) is 42.7 Å². The predicted molar refractivity (Wildman–Crippen MR) is 76.3 cm³/mol. The van der Waals surface area contributed by atoms with Gasteiger partial charge in [0.25, 0.3) is 5.91 Å². The van der Waals surface area contributed by atoms with Crippen LogP contribution in [0.1, 0.15) is 35.4 Å². The number of furan rings is 1. The molecule has 1 aromatic heterocycles. The molecule has 1 unspecified atom stereocenters. The van der Waals surface area contributed by atoms with Gasteiger partial charge in [-0.2, -0.15) is 0 Å². The molecule has 0 bridgehead atoms. The molecule has 1 aliphatic rings. The van der Waals surface area contributed by atoms with Gasteiger partial charge in [0.15, 0.2) is 10.4 Å². The van der Waals surface area contributed by atoms with Gasteiger partial charge < -0.3 is 14.1 Å². The highest BCUT2D eigenvalue weighted by Crippen LogP contribution is 2.23. The minimum Gasteiger partial charge on any atom is -0.444 e. The van der Waals surface area contributed by atoms with Gasteiger partial charge in [0.05, 0.1) is 6.61 Å². The van der Waals surface area contributed by atoms with Crippen LogP contribution in [0.3, 0.4) is 0 Å². The van der Waals surface area contributed by atoms with E-state index in [0.717, 1.165) is 37.9 Å². The molecule has 1 amide bonds. The van der Waals surface area contributed by atoms with Crippen LogP contribution >= 0.6 is 15.9 Å². The summed E-state index contributed by atoms with van der Waals surface area (Å²) in [6.07, 6.45) is 3.32. The van der Waals surface area contributed by atoms with Crippen molar-refractivity contribution in [2.24, 2.45) is 5.92 Å². The lowest BCUT2D eigenvalue weighted by Crippen LogP contribution is -2.35. The van der Waals surface area contributed by atoms with Crippen molar-refractivity contribution in [1.82, 2.24) is 4.90 Å². The van der Waals surface area contributed by atoms with Gasteiger partial charge >= 0.3 is 0 Å². The summed E-state index contributed by atoms with van der Waals surface area (Å²) >= 11 is 3.27. The number of hydrogen-bond acceptors (Lipinski definition) is 3. The van der Waals surface area contributed by atoms with E-state index in [9.17, 15) is 4.79 Å². The van der Waals surface area contributed by atoms with Gasteiger partial charge in [-0.05, 0) is 47.7 Å². The fourth-order valence-corrected chi connectivity index (χ4v) is 3.09. The zero-order valence-electron chi connectivity index (χ0n) is 11.4. The Hall–Kier alpha value is -0.810. The smallest absolute Gasteiger partial charge is 0.289 e. The number of methoxy groups -OCH3 is 1. The van der Waals surface area contributed by atoms with E-state index in [1.807, 2.05) is 17.9 Å². The SMILES string of the molecule is COCC1CCCCN(C(=O)c2oc(Br)cc2C)C1. The maximum Gasteiger partial charge on any atom is 0.289 e. The zero-order chi connectivity index (χ0) is 13.8. The highest BCUT2D eigenvalue weighted by molar-refractivity contribution is 9.10. The Morgan fingerprint density at radius 1 is 1.58 bits per heavy atom. The van der Waals surface area contributed by atoms with Crippen molar-refractivity contribution in [3.05, 3.63) is 22.1 Å². The molecule has 0 aliphatic carbocycles. The number of carbonyl (C=O) groups excluding carboxylic acids is 1. The Labute approximate surface area is 122 Å². The fraction of sp³-hybridized carbons (Fsp3) is 0.643. The van der Waals surface area contributed by atoms with Crippen LogP contribution in [-0.4, -0.2) is 37.6 Å². The normalized spacial score (nSPS) is 20.4. The van der Waals surface area contributed by atoms with Gasteiger partial charge in [-0.1, -0.05) is 6.42 Å². The van der Waals surface area contributed by atoms with Gasteiger partial charge in [-0.15, -0.1) is 0 Å². The van der Waals surface area contributed by atoms with E-state index >= 15 is 0 Å². The third-order valence-electron chi connectivity index (χ3n) is 3.54. The molecule has 1 aliphatic heterocycles. The summed E-state index contributed by atoms with van der Waals surface area (Å²) in [7, 11) is 1.71. The van der Waals surface area contributed by atoms with E-state index < -0.39 is 0 Å². The molecule has 106 valence electrons. The van der Waals surface area contributed by atoms with E-state index in [0.29, 0.717) is 23.0 Å². The number of likely N-dealkylation sites (tertiary alicyclic amines) is 1. The number of carbonyl (C=O) groups is 1. The lowest BCUT2D eigenvalue weighted by molar-refractivity contribution is 0.0664. The van der Waals surface area contributed by atoms with Gasteiger partial charge in [-0.3, -0.25) is 4.79 Å². The van der Waals surface area contributed by atoms with Crippen LogP contribution in [0.4, 0.5) is 0 Å². The summed E-state index contributed by atoms with van der Waals surface area (Å²) in [5.41, 5.74) is 0.879. The largest absolute Gasteiger partial charge is 0.444 e. The van der Waals surface area contributed by atoms with E-state index in [-0.39, 0.29) is 5.91 Å². The van der Waals surface area contributed by atoms with Gasteiger partial charge in [0, 0.05) is 25.8 Å². The van der Waals surface area contributed by atoms with Crippen LogP contribution < -0.4 is 0 Å². The lowest BCUT2D eigenvalue weighted by atomic mass is 10.0. The third-order valence-corrected chi connectivity index (χ3v) is 3.93. The molecule has 2 rings (SSSR count). The van der Waals surface area contributed by atoms with Gasteiger partial charge in [0.2, 0.25) is 0 Å². The molecule has 0 N–H and O–H groups in total. The minimum absolute atomic E-state index is 0.00815. The Morgan fingerprint density at radius 3 is 3.00 bits per heavy atom. The van der Waals surface area contributed by atoms with E-state index in [1.165, 1.54) is 0 Å². The van der Waals surface area contributed by atoms with E-state index in [4.69, 9.17) is 9.15 Å². The molecule has 1 aromatic rings. The van der Waals surface area contributed by atoms with Crippen LogP contribution in [0, 0.1) is 12.8 Å². The highest BCUT2D eigenvalue weighted by Gasteiger charge is 2.26. The number of amides is 1. The zero-order valence-corrected chi connectivity index (χ0v) is 13.0. The second-order valence-electron chi connectivity index (χ2n) is 5.13. The molecule has 0 saturated carbocycles. The molecule has 2 heterocycles. The third kappa shape index (κ3) is 3.60. The molecule has 1 saturated heterocycles. The second-order valence-corrected chi connectivity index (χ2v) is 5.91. The lowest BCUT2D eigenvalue weighted by Gasteiger charge is -2.23. The van der Waals surface area contributed by atoms with Crippen LogP contribution in [-0.2, 0) is 4.74 Å². The summed E-state index contributed by atoms with van der Waals surface area (Å²) in [5.74, 6) is 0.867. The second kappa shape index (κ2) is 6.57. The van der Waals surface area contributed by atoms with Crippen molar-refractivity contribution in [3.63, 3.8) is 0 Å². The maximum absolute atomic E-state index is 12.5. The van der Waals surface area contributed by atoms with Crippen LogP contribution in [0.5, 0.6) is 0 Å². The summed E-state index contributed by atoms with van der Waals surface area (Å²) in [5, 5.41) is 0. The summed E-state index contributed by atoms with van der Waals surface area (Å²) in [4.78, 5) is 14.4. The minimum atomic E-state index is -0.00815. The molecule has 1 atom stereocenters. The van der Waals surface area contributed by atoms with Gasteiger partial charge in [0.1, 0.15) is 0 Å².